The van der Waals surface area contributed by atoms with Crippen LogP contribution in [0.15, 0.2) is 72.8 Å². The summed E-state index contributed by atoms with van der Waals surface area (Å²) in [6.07, 6.45) is 34.1. The molecule has 786 valence electrons. The zero-order valence-electron chi connectivity index (χ0n) is 90.8. The van der Waals surface area contributed by atoms with Crippen molar-refractivity contribution in [1.29, 1.82) is 0 Å². The fraction of sp³-hybridized carbons (Fsp3) is 0.769. The van der Waals surface area contributed by atoms with Crippen molar-refractivity contribution in [3.8, 4) is 0 Å². The summed E-state index contributed by atoms with van der Waals surface area (Å²) >= 11 is 0. The molecule has 0 N–H and O–H groups in total. The average Bonchev–Trinajstić information content (AvgIpc) is 1.65. The number of imide groups is 2. The van der Waals surface area contributed by atoms with Crippen molar-refractivity contribution in [2.24, 2.45) is 56.7 Å². The quantitative estimate of drug-likeness (QED) is 0.0113. The molecule has 0 aromatic heterocycles. The minimum atomic E-state index is -2.39. The van der Waals surface area contributed by atoms with Gasteiger partial charge >= 0.3 is 44.6 Å². The van der Waals surface area contributed by atoms with Crippen LogP contribution in [0.5, 0.6) is 0 Å². The van der Waals surface area contributed by atoms with Crippen LogP contribution < -0.4 is 9.80 Å². The second-order valence-corrected chi connectivity index (χ2v) is 43.8. The third-order valence-corrected chi connectivity index (χ3v) is 29.8. The number of rotatable bonds is 60. The highest BCUT2D eigenvalue weighted by molar-refractivity contribution is 6.60. The summed E-state index contributed by atoms with van der Waals surface area (Å²) < 4.78 is 62.7. The Morgan fingerprint density at radius 1 is 0.419 bits per heavy atom. The summed E-state index contributed by atoms with van der Waals surface area (Å²) in [6.45, 7) is 57.9. The number of esters is 6. The molecule has 2 aromatic carbocycles. The molecule has 136 heavy (non-hydrogen) atoms. The zero-order valence-corrected chi connectivity index (χ0v) is 93.2. The van der Waals surface area contributed by atoms with Gasteiger partial charge in [0.15, 0.2) is 9.76 Å². The van der Waals surface area contributed by atoms with Crippen molar-refractivity contribution < 1.29 is 108 Å². The first-order chi connectivity index (χ1) is 64.2. The topological polar surface area (TPSA) is 312 Å². The first-order valence-corrected chi connectivity index (χ1v) is 54.9. The van der Waals surface area contributed by atoms with E-state index in [1.54, 1.807) is 80.2 Å². The van der Waals surface area contributed by atoms with Crippen LogP contribution in [-0.4, -0.2) is 196 Å². The monoisotopic (exact) mass is 1960 g/mol. The van der Waals surface area contributed by atoms with E-state index in [-0.39, 0.29) is 134 Å². The lowest BCUT2D eigenvalue weighted by molar-refractivity contribution is -0.158. The van der Waals surface area contributed by atoms with Gasteiger partial charge in [-0.1, -0.05) is 242 Å². The molecule has 26 nitrogen and oxygen atoms in total. The van der Waals surface area contributed by atoms with E-state index >= 15 is 0 Å². The molecule has 3 fully saturated rings. The largest absolute Gasteiger partial charge is 0.500 e. The molecule has 0 spiro atoms. The predicted octanol–water partition coefficient (Wildman–Crippen LogP) is 23.3. The minimum absolute atomic E-state index is 0.0454. The van der Waals surface area contributed by atoms with Crippen LogP contribution in [0.2, 0.25) is 12.1 Å². The average molecular weight is 1960 g/mol. The van der Waals surface area contributed by atoms with Crippen LogP contribution in [0.3, 0.4) is 0 Å². The van der Waals surface area contributed by atoms with Gasteiger partial charge in [-0.15, -0.1) is 0 Å². The van der Waals surface area contributed by atoms with Crippen LogP contribution in [0.25, 0.3) is 0 Å². The number of carbonyl (C=O) groups excluding carboxylic acids is 11. The number of benzene rings is 2. The molecule has 0 radical (unpaired) electrons. The number of unbranched alkanes of at least 4 members (excludes halogenated alkanes) is 20. The molecular weight excluding hydrogens is 1760 g/mol. The lowest BCUT2D eigenvalue weighted by atomic mass is 9.91. The third-order valence-electron chi connectivity index (χ3n) is 25.8. The Labute approximate surface area is 828 Å². The lowest BCUT2D eigenvalue weighted by Crippen LogP contribution is -2.42. The maximum Gasteiger partial charge on any atom is 0.500 e. The first kappa shape index (κ1) is 133. The SMILES string of the molecule is C=C(C)C(=O)OCCOC(=O)C(C)(C)CC.CC1C(=O)N(c2ccccc2)C(=O)C1C.CC1C(=O)N(c2ccccc2)C(=O)C1C.CCC(C)(C)C(=O)OCCCCCCCC[SiH2]OC.CCC(C)(C)C(=O)OCCCCCCCC[Si](OC)(OC)OC.CCC(C)(C)C(=O)OCCCCOCC1CO1.CCC(C)C(=O)N(CC)CC.CCCCCCCCCCCCOC(=O)C(C)(C)CC. The van der Waals surface area contributed by atoms with Crippen molar-refractivity contribution in [1.82, 2.24) is 4.90 Å². The molecule has 0 aliphatic carbocycles. The highest BCUT2D eigenvalue weighted by Crippen LogP contribution is 2.33. The van der Waals surface area contributed by atoms with Crippen molar-refractivity contribution in [3.05, 3.63) is 72.8 Å². The van der Waals surface area contributed by atoms with Gasteiger partial charge in [0.1, 0.15) is 19.3 Å². The summed E-state index contributed by atoms with van der Waals surface area (Å²) in [5, 5.41) is 0. The molecule has 6 atom stereocenters. The van der Waals surface area contributed by atoms with Gasteiger partial charge in [-0.25, -0.2) is 4.79 Å². The van der Waals surface area contributed by atoms with Gasteiger partial charge in [0.25, 0.3) is 0 Å². The fourth-order valence-electron chi connectivity index (χ4n) is 12.5. The van der Waals surface area contributed by atoms with Crippen LogP contribution in [0.1, 0.15) is 366 Å². The van der Waals surface area contributed by atoms with E-state index in [4.69, 9.17) is 55.6 Å². The van der Waals surface area contributed by atoms with E-state index in [1.165, 1.54) is 112 Å². The van der Waals surface area contributed by atoms with Gasteiger partial charge in [0, 0.05) is 89.3 Å². The van der Waals surface area contributed by atoms with Crippen molar-refractivity contribution in [2.75, 3.05) is 111 Å². The normalized spacial score (nSPS) is 16.0. The van der Waals surface area contributed by atoms with Gasteiger partial charge in [-0.05, 0) is 197 Å². The maximum atomic E-state index is 11.8. The van der Waals surface area contributed by atoms with Gasteiger partial charge < -0.3 is 60.5 Å². The van der Waals surface area contributed by atoms with E-state index in [1.807, 2.05) is 180 Å². The van der Waals surface area contributed by atoms with Crippen LogP contribution in [0.4, 0.5) is 11.4 Å². The van der Waals surface area contributed by atoms with Gasteiger partial charge in [-0.3, -0.25) is 57.7 Å². The fourth-order valence-corrected chi connectivity index (χ4v) is 15.2. The van der Waals surface area contributed by atoms with Crippen LogP contribution in [-0.2, 0) is 108 Å². The van der Waals surface area contributed by atoms with E-state index < -0.39 is 20.2 Å². The Hall–Kier alpha value is -7.06. The van der Waals surface area contributed by atoms with Crippen LogP contribution in [0, 0.1) is 56.7 Å². The lowest BCUT2D eigenvalue weighted by Gasteiger charge is -2.24. The molecule has 3 aliphatic rings. The number of epoxide rings is 1. The molecule has 3 aliphatic heterocycles. The molecule has 28 heteroatoms. The number of nitrogens with zero attached hydrogens (tertiary/aromatic N) is 3. The Balaban J connectivity index is -0.00000150. The van der Waals surface area contributed by atoms with Crippen molar-refractivity contribution >= 4 is 95.3 Å². The van der Waals surface area contributed by atoms with Gasteiger partial charge in [0.05, 0.1) is 78.1 Å². The Kier molecular flexibility index (Phi) is 75.1. The molecular formula is C108H193N3O23Si2. The number of para-hydroxylation sites is 2. The molecule has 0 bridgehead atoms. The second-order valence-electron chi connectivity index (χ2n) is 39.0. The minimum Gasteiger partial charge on any atom is -0.465 e. The first-order valence-electron chi connectivity index (χ1n) is 51.4. The summed E-state index contributed by atoms with van der Waals surface area (Å²) in [5.41, 5.74) is -0.185. The van der Waals surface area contributed by atoms with Crippen LogP contribution >= 0.6 is 0 Å². The zero-order chi connectivity index (χ0) is 104. The number of ether oxygens (including phenoxy) is 8. The molecule has 3 saturated heterocycles. The Morgan fingerprint density at radius 3 is 0.978 bits per heavy atom. The van der Waals surface area contributed by atoms with E-state index in [2.05, 4.69) is 13.5 Å². The molecule has 6 unspecified atom stereocenters. The highest BCUT2D eigenvalue weighted by Gasteiger charge is 2.45. The predicted molar refractivity (Wildman–Crippen MR) is 552 cm³/mol. The maximum absolute atomic E-state index is 11.8. The Bertz CT molecular complexity index is 3440. The highest BCUT2D eigenvalue weighted by atomic mass is 28.4. The summed E-state index contributed by atoms with van der Waals surface area (Å²) in [7, 11) is 4.17. The van der Waals surface area contributed by atoms with E-state index in [0.29, 0.717) is 69.1 Å². The van der Waals surface area contributed by atoms with Crippen molar-refractivity contribution in [2.45, 2.75) is 384 Å². The summed E-state index contributed by atoms with van der Waals surface area (Å²) in [4.78, 5) is 133. The Morgan fingerprint density at radius 2 is 0.699 bits per heavy atom. The third kappa shape index (κ3) is 57.6. The second kappa shape index (κ2) is 76.7. The number of anilines is 2. The van der Waals surface area contributed by atoms with Gasteiger partial charge in [-0.2, -0.15) is 0 Å². The molecule has 2 aromatic rings. The molecule has 3 heterocycles. The van der Waals surface area contributed by atoms with E-state index in [9.17, 15) is 52.7 Å². The van der Waals surface area contributed by atoms with Gasteiger partial charge in [0.2, 0.25) is 29.5 Å². The van der Waals surface area contributed by atoms with E-state index in [0.717, 1.165) is 116 Å². The smallest absolute Gasteiger partial charge is 0.465 e. The number of hydrogen-bond donors (Lipinski definition) is 0. The standard InChI is InChI=1S/C18H36O2.C17H36O5Si.C15H32O3Si.C13H24O4.2C12H13NO2.C12H20O4.C9H19NO/c1-5-7-8-9-10-11-12-13-14-15-16-20-17(19)18(3,4)6-2;1-7-17(2,3)16(18)22-14-12-10-8-9-11-13-15-23(19-4,20-5)21-6;1-5-15(2,3)14(16)18-12-10-8-6-7-9-11-13-19-17-4;1-4-13(2,3)12(14)16-8-6-5-7-15-9-11-10-17-11;2*1-8-9(2)12(15)13(11(8)14)10-6-4-3-5-7-10;1-6-12(4,5)11(14)16-8-7-15-10(13)9(2)3;1-5-8(4)9(11)10(6-2)7-3/h5-16H2,1-4H3;7-15H2,1-6H3;5-13,19H2,1-4H3;11H,4-10H2,1-3H3;2*3-9H,1-2H3;2,6-8H2,1,3-5H3;8H,5-7H2,1-4H3. The van der Waals surface area contributed by atoms with Crippen molar-refractivity contribution in [3.63, 3.8) is 0 Å². The molecule has 5 amide bonds. The number of amides is 5. The summed E-state index contributed by atoms with van der Waals surface area (Å²) in [6, 6.07) is 20.3. The molecule has 5 rings (SSSR count). The molecule has 0 saturated carbocycles. The number of carbonyl (C=O) groups is 11. The number of hydrogen-bond acceptors (Lipinski definition) is 23. The summed E-state index contributed by atoms with van der Waals surface area (Å²) in [5.74, 6) is -1.79.